The summed E-state index contributed by atoms with van der Waals surface area (Å²) in [5, 5.41) is 9.08. The number of fused-ring (bicyclic) bond motifs is 4. The van der Waals surface area contributed by atoms with E-state index < -0.39 is 0 Å². The molecular formula is C27H34O3. The van der Waals surface area contributed by atoms with E-state index in [9.17, 15) is 9.59 Å². The summed E-state index contributed by atoms with van der Waals surface area (Å²) in [6.45, 7) is 0.0127. The highest BCUT2D eigenvalue weighted by Crippen LogP contribution is 2.81. The molecule has 0 saturated heterocycles. The predicted octanol–water partition coefficient (Wildman–Crippen LogP) is 4.79. The van der Waals surface area contributed by atoms with Crippen molar-refractivity contribution in [1.29, 1.82) is 0 Å². The van der Waals surface area contributed by atoms with Crippen molar-refractivity contribution in [3.8, 4) is 11.8 Å². The van der Waals surface area contributed by atoms with Gasteiger partial charge in [0.1, 0.15) is 6.61 Å². The van der Waals surface area contributed by atoms with Gasteiger partial charge in [-0.15, -0.1) is 0 Å². The molecule has 0 radical (unpaired) electrons. The fraction of sp³-hybridized carbons (Fsp3) is 0.704. The van der Waals surface area contributed by atoms with Crippen LogP contribution in [0.25, 0.3) is 0 Å². The molecule has 1 spiro atoms. The smallest absolute Gasteiger partial charge is 0.155 e. The standard InChI is InChI=1S/C21H26O2.C6H8O/c22-11-1-8-20-9-7-19-18-4-2-14-12-15(23)3-5-16(14)17(18)6-10-21(19,20)13-20;7-6-4-2-1-3-5-6/h12,16-19,22H,2-7,9-11,13H2;2,4H,1,3,5H2/t16?,17?,18?,19?,20-,21?;/m1./s1. The molecule has 0 aliphatic heterocycles. The van der Waals surface area contributed by atoms with Crippen molar-refractivity contribution in [3.05, 3.63) is 23.8 Å². The molecule has 6 aliphatic rings. The highest BCUT2D eigenvalue weighted by atomic mass is 16.2. The average molecular weight is 407 g/mol. The summed E-state index contributed by atoms with van der Waals surface area (Å²) < 4.78 is 0. The summed E-state index contributed by atoms with van der Waals surface area (Å²) in [5.74, 6) is 10.4. The van der Waals surface area contributed by atoms with Gasteiger partial charge in [-0.1, -0.05) is 23.5 Å². The third-order valence-electron chi connectivity index (χ3n) is 9.34. The van der Waals surface area contributed by atoms with Gasteiger partial charge in [-0.05, 0) is 105 Å². The maximum absolute atomic E-state index is 11.7. The number of rotatable bonds is 0. The summed E-state index contributed by atoms with van der Waals surface area (Å²) in [4.78, 5) is 22.1. The molecule has 0 bridgehead atoms. The third kappa shape index (κ3) is 3.23. The number of carbonyl (C=O) groups excluding carboxylic acids is 2. The lowest BCUT2D eigenvalue weighted by molar-refractivity contribution is -0.116. The second kappa shape index (κ2) is 7.79. The van der Waals surface area contributed by atoms with Gasteiger partial charge in [0.05, 0.1) is 0 Å². The molecular weight excluding hydrogens is 372 g/mol. The fourth-order valence-corrected chi connectivity index (χ4v) is 8.07. The Hall–Kier alpha value is -1.66. The van der Waals surface area contributed by atoms with Gasteiger partial charge in [0.15, 0.2) is 11.6 Å². The summed E-state index contributed by atoms with van der Waals surface area (Å²) >= 11 is 0. The Morgan fingerprint density at radius 2 is 1.90 bits per heavy atom. The van der Waals surface area contributed by atoms with E-state index in [0.717, 1.165) is 49.9 Å². The summed E-state index contributed by atoms with van der Waals surface area (Å²) in [7, 11) is 0. The van der Waals surface area contributed by atoms with Gasteiger partial charge >= 0.3 is 0 Å². The Labute approximate surface area is 180 Å². The van der Waals surface area contributed by atoms with Crippen LogP contribution in [-0.4, -0.2) is 23.3 Å². The van der Waals surface area contributed by atoms with Crippen molar-refractivity contribution < 1.29 is 14.7 Å². The number of aliphatic hydroxyl groups excluding tert-OH is 1. The van der Waals surface area contributed by atoms with Crippen molar-refractivity contribution in [2.75, 3.05) is 6.61 Å². The summed E-state index contributed by atoms with van der Waals surface area (Å²) in [6, 6.07) is 0. The van der Waals surface area contributed by atoms with Crippen molar-refractivity contribution in [1.82, 2.24) is 0 Å². The molecule has 0 aromatic carbocycles. The minimum atomic E-state index is 0.0127. The minimum absolute atomic E-state index is 0.0127. The Morgan fingerprint density at radius 1 is 1.00 bits per heavy atom. The average Bonchev–Trinajstić information content (AvgIpc) is 3.27. The first-order chi connectivity index (χ1) is 14.6. The quantitative estimate of drug-likeness (QED) is 0.589. The van der Waals surface area contributed by atoms with Gasteiger partial charge in [-0.3, -0.25) is 9.59 Å². The Balaban J connectivity index is 0.000000236. The van der Waals surface area contributed by atoms with Crippen LogP contribution in [0.4, 0.5) is 0 Å². The number of aliphatic hydroxyl groups is 1. The van der Waals surface area contributed by atoms with Crippen molar-refractivity contribution in [3.63, 3.8) is 0 Å². The van der Waals surface area contributed by atoms with Crippen LogP contribution < -0.4 is 0 Å². The molecule has 6 aliphatic carbocycles. The van der Waals surface area contributed by atoms with E-state index in [0.29, 0.717) is 17.1 Å². The lowest BCUT2D eigenvalue weighted by atomic mass is 9.54. The molecule has 0 amide bonds. The van der Waals surface area contributed by atoms with Gasteiger partial charge in [0.2, 0.25) is 0 Å². The summed E-state index contributed by atoms with van der Waals surface area (Å²) in [5.41, 5.74) is 2.25. The molecule has 0 aromatic heterocycles. The zero-order valence-corrected chi connectivity index (χ0v) is 18.0. The Bertz CT molecular complexity index is 855. The first kappa shape index (κ1) is 20.3. The normalized spacial score (nSPS) is 42.9. The largest absolute Gasteiger partial charge is 0.384 e. The molecule has 6 rings (SSSR count). The second-order valence-corrected chi connectivity index (χ2v) is 10.5. The molecule has 6 atom stereocenters. The van der Waals surface area contributed by atoms with Crippen molar-refractivity contribution in [2.45, 2.75) is 77.0 Å². The number of allylic oxidation sites excluding steroid dienone is 3. The lowest BCUT2D eigenvalue weighted by Crippen LogP contribution is -2.42. The predicted molar refractivity (Wildman–Crippen MR) is 116 cm³/mol. The van der Waals surface area contributed by atoms with Crippen LogP contribution in [0.3, 0.4) is 0 Å². The lowest BCUT2D eigenvalue weighted by Gasteiger charge is -2.50. The molecule has 0 aromatic rings. The molecule has 3 heteroatoms. The van der Waals surface area contributed by atoms with Crippen molar-refractivity contribution in [2.24, 2.45) is 34.5 Å². The first-order valence-electron chi connectivity index (χ1n) is 12.1. The molecule has 160 valence electrons. The Kier molecular flexibility index (Phi) is 5.26. The molecule has 0 heterocycles. The van der Waals surface area contributed by atoms with E-state index in [1.54, 1.807) is 6.08 Å². The first-order valence-corrected chi connectivity index (χ1v) is 12.1. The highest BCUT2D eigenvalue weighted by molar-refractivity contribution is 5.91. The maximum Gasteiger partial charge on any atom is 0.155 e. The van der Waals surface area contributed by atoms with Gasteiger partial charge in [-0.2, -0.15) is 0 Å². The van der Waals surface area contributed by atoms with Crippen molar-refractivity contribution >= 4 is 11.6 Å². The number of carbonyl (C=O) groups is 2. The van der Waals surface area contributed by atoms with Gasteiger partial charge in [0, 0.05) is 18.3 Å². The van der Waals surface area contributed by atoms with E-state index >= 15 is 0 Å². The third-order valence-corrected chi connectivity index (χ3v) is 9.34. The zero-order valence-electron chi connectivity index (χ0n) is 18.0. The number of ketones is 2. The van der Waals surface area contributed by atoms with Gasteiger partial charge < -0.3 is 5.11 Å². The van der Waals surface area contributed by atoms with Crippen LogP contribution in [0.2, 0.25) is 0 Å². The summed E-state index contributed by atoms with van der Waals surface area (Å²) in [6.07, 6.45) is 19.5. The van der Waals surface area contributed by atoms with Crippen LogP contribution in [0.1, 0.15) is 77.0 Å². The van der Waals surface area contributed by atoms with E-state index in [1.807, 2.05) is 12.2 Å². The zero-order chi connectivity index (χ0) is 20.8. The highest BCUT2D eigenvalue weighted by Gasteiger charge is 2.75. The molecule has 3 nitrogen and oxygen atoms in total. The second-order valence-electron chi connectivity index (χ2n) is 10.5. The van der Waals surface area contributed by atoms with Gasteiger partial charge in [0.25, 0.3) is 0 Å². The number of hydrogen-bond donors (Lipinski definition) is 1. The number of hydrogen-bond acceptors (Lipinski definition) is 3. The monoisotopic (exact) mass is 406 g/mol. The van der Waals surface area contributed by atoms with Crippen LogP contribution >= 0.6 is 0 Å². The topological polar surface area (TPSA) is 54.4 Å². The SMILES string of the molecule is O=C1C=C2CCC3C(CCC45C[C@@]4(C#CCO)CCC35)C2CC1.O=C1C=CCCC1. The molecule has 4 fully saturated rings. The minimum Gasteiger partial charge on any atom is -0.384 e. The van der Waals surface area contributed by atoms with E-state index in [-0.39, 0.29) is 17.8 Å². The van der Waals surface area contributed by atoms with Crippen LogP contribution in [-0.2, 0) is 9.59 Å². The Morgan fingerprint density at radius 3 is 2.63 bits per heavy atom. The molecule has 1 N–H and O–H groups in total. The van der Waals surface area contributed by atoms with E-state index in [4.69, 9.17) is 5.11 Å². The van der Waals surface area contributed by atoms with Crippen LogP contribution in [0.15, 0.2) is 23.8 Å². The van der Waals surface area contributed by atoms with E-state index in [2.05, 4.69) is 11.8 Å². The van der Waals surface area contributed by atoms with Crippen LogP contribution in [0.5, 0.6) is 0 Å². The molecule has 30 heavy (non-hydrogen) atoms. The molecule has 5 unspecified atom stereocenters. The van der Waals surface area contributed by atoms with Crippen LogP contribution in [0, 0.1) is 46.3 Å². The fourth-order valence-electron chi connectivity index (χ4n) is 8.07. The maximum atomic E-state index is 11.7. The van der Waals surface area contributed by atoms with Gasteiger partial charge in [-0.25, -0.2) is 0 Å². The van der Waals surface area contributed by atoms with E-state index in [1.165, 1.54) is 50.5 Å². The molecule has 4 saturated carbocycles.